The molecule has 28 heavy (non-hydrogen) atoms. The lowest BCUT2D eigenvalue weighted by Crippen LogP contribution is -2.55. The first-order valence-corrected chi connectivity index (χ1v) is 9.66. The number of carbonyl (C=O) groups excluding carboxylic acids is 1. The zero-order chi connectivity index (χ0) is 19.1. The standard InChI is InChI=1S/C20H23N7O/c1-26-9-6-16-17(22-12-21-16)20(26)7-10-27(11-8-20)19(28)15-4-2-14(3-5-15)18-23-13-24-25-18/h2-5,12-13H,6-11H2,1H3,(H,21,22)(H,23,24,25). The number of rotatable bonds is 2. The number of aromatic nitrogens is 5. The first kappa shape index (κ1) is 17.1. The lowest BCUT2D eigenvalue weighted by molar-refractivity contribution is 0.0226. The van der Waals surface area contributed by atoms with Crippen molar-refractivity contribution in [1.29, 1.82) is 0 Å². The van der Waals surface area contributed by atoms with Gasteiger partial charge in [-0.1, -0.05) is 12.1 Å². The number of likely N-dealkylation sites (N-methyl/N-ethyl adjacent to an activating group) is 1. The lowest BCUT2D eigenvalue weighted by Gasteiger charge is -2.49. The van der Waals surface area contributed by atoms with Crippen molar-refractivity contribution in [2.45, 2.75) is 24.8 Å². The van der Waals surface area contributed by atoms with Crippen LogP contribution in [0.5, 0.6) is 0 Å². The average molecular weight is 377 g/mol. The number of imidazole rings is 1. The van der Waals surface area contributed by atoms with Crippen LogP contribution in [0.2, 0.25) is 0 Å². The number of H-pyrrole nitrogens is 2. The Hall–Kier alpha value is -3.00. The van der Waals surface area contributed by atoms with E-state index in [1.807, 2.05) is 29.2 Å². The average Bonchev–Trinajstić information content (AvgIpc) is 3.43. The van der Waals surface area contributed by atoms with Crippen LogP contribution < -0.4 is 0 Å². The van der Waals surface area contributed by atoms with Crippen molar-refractivity contribution in [2.24, 2.45) is 0 Å². The Balaban J connectivity index is 1.31. The van der Waals surface area contributed by atoms with Crippen molar-refractivity contribution < 1.29 is 4.79 Å². The Morgan fingerprint density at radius 1 is 1.11 bits per heavy atom. The van der Waals surface area contributed by atoms with E-state index in [1.54, 1.807) is 6.33 Å². The third kappa shape index (κ3) is 2.63. The Labute approximate surface area is 163 Å². The first-order valence-electron chi connectivity index (χ1n) is 9.66. The Bertz CT molecular complexity index is 968. The molecule has 1 amide bonds. The van der Waals surface area contributed by atoms with Crippen molar-refractivity contribution in [3.8, 4) is 11.4 Å². The molecule has 2 aliphatic rings. The number of nitrogens with zero attached hydrogens (tertiary/aromatic N) is 5. The quantitative estimate of drug-likeness (QED) is 0.710. The molecule has 4 heterocycles. The van der Waals surface area contributed by atoms with E-state index in [4.69, 9.17) is 0 Å². The minimum absolute atomic E-state index is 0.0551. The fourth-order valence-corrected chi connectivity index (χ4v) is 4.58. The van der Waals surface area contributed by atoms with Crippen molar-refractivity contribution in [1.82, 2.24) is 34.9 Å². The molecule has 2 aromatic heterocycles. The van der Waals surface area contributed by atoms with Crippen LogP contribution in [-0.2, 0) is 12.0 Å². The molecule has 2 N–H and O–H groups in total. The SMILES string of the molecule is CN1CCc2[nH]cnc2C12CCN(C(=O)c1ccc(-c3ncn[nH]3)cc1)CC2. The highest BCUT2D eigenvalue weighted by Gasteiger charge is 2.45. The number of benzene rings is 1. The molecule has 5 rings (SSSR count). The fourth-order valence-electron chi connectivity index (χ4n) is 4.58. The topological polar surface area (TPSA) is 93.8 Å². The molecule has 0 unspecified atom stereocenters. The second-order valence-corrected chi connectivity index (χ2v) is 7.64. The number of fused-ring (bicyclic) bond motifs is 2. The largest absolute Gasteiger partial charge is 0.348 e. The molecule has 1 saturated heterocycles. The maximum absolute atomic E-state index is 13.0. The molecule has 1 spiro atoms. The zero-order valence-electron chi connectivity index (χ0n) is 15.9. The van der Waals surface area contributed by atoms with Gasteiger partial charge in [0, 0.05) is 42.9 Å². The van der Waals surface area contributed by atoms with Crippen molar-refractivity contribution >= 4 is 5.91 Å². The van der Waals surface area contributed by atoms with E-state index in [0.29, 0.717) is 11.4 Å². The van der Waals surface area contributed by atoms with Crippen LogP contribution in [0.3, 0.4) is 0 Å². The van der Waals surface area contributed by atoms with Gasteiger partial charge in [-0.2, -0.15) is 5.10 Å². The van der Waals surface area contributed by atoms with Crippen LogP contribution in [-0.4, -0.2) is 67.5 Å². The molecule has 1 fully saturated rings. The van der Waals surface area contributed by atoms with E-state index in [1.165, 1.54) is 17.7 Å². The van der Waals surface area contributed by atoms with E-state index < -0.39 is 0 Å². The van der Waals surface area contributed by atoms with Gasteiger partial charge in [-0.05, 0) is 32.0 Å². The van der Waals surface area contributed by atoms with Crippen LogP contribution in [0.15, 0.2) is 36.9 Å². The molecule has 0 saturated carbocycles. The third-order valence-electron chi connectivity index (χ3n) is 6.29. The maximum atomic E-state index is 13.0. The van der Waals surface area contributed by atoms with Crippen LogP contribution in [0.1, 0.15) is 34.6 Å². The third-order valence-corrected chi connectivity index (χ3v) is 6.29. The Kier molecular flexibility index (Phi) is 4.01. The normalized spacial score (nSPS) is 19.0. The van der Waals surface area contributed by atoms with Gasteiger partial charge in [-0.15, -0.1) is 0 Å². The molecule has 0 bridgehead atoms. The summed E-state index contributed by atoms with van der Waals surface area (Å²) in [5.74, 6) is 0.786. The second kappa shape index (κ2) is 6.56. The predicted octanol–water partition coefficient (Wildman–Crippen LogP) is 1.81. The van der Waals surface area contributed by atoms with Gasteiger partial charge in [0.15, 0.2) is 5.82 Å². The van der Waals surface area contributed by atoms with E-state index in [0.717, 1.165) is 44.5 Å². The predicted molar refractivity (Wildman–Crippen MR) is 104 cm³/mol. The molecular weight excluding hydrogens is 354 g/mol. The zero-order valence-corrected chi connectivity index (χ0v) is 15.9. The number of nitrogens with one attached hydrogen (secondary N) is 2. The summed E-state index contributed by atoms with van der Waals surface area (Å²) in [5, 5.41) is 6.71. The van der Waals surface area contributed by atoms with Gasteiger partial charge >= 0.3 is 0 Å². The second-order valence-electron chi connectivity index (χ2n) is 7.64. The molecule has 0 atom stereocenters. The van der Waals surface area contributed by atoms with Gasteiger partial charge in [0.05, 0.1) is 17.6 Å². The number of hydrogen-bond acceptors (Lipinski definition) is 5. The minimum Gasteiger partial charge on any atom is -0.348 e. The van der Waals surface area contributed by atoms with Gasteiger partial charge in [-0.25, -0.2) is 9.97 Å². The summed E-state index contributed by atoms with van der Waals surface area (Å²) < 4.78 is 0. The summed E-state index contributed by atoms with van der Waals surface area (Å²) in [6.07, 6.45) is 6.10. The number of hydrogen-bond donors (Lipinski definition) is 2. The number of aromatic amines is 2. The lowest BCUT2D eigenvalue weighted by atomic mass is 9.79. The molecule has 8 nitrogen and oxygen atoms in total. The van der Waals surface area contributed by atoms with Crippen molar-refractivity contribution in [2.75, 3.05) is 26.7 Å². The van der Waals surface area contributed by atoms with Crippen LogP contribution in [0, 0.1) is 0 Å². The molecular formula is C20H23N7O. The van der Waals surface area contributed by atoms with Gasteiger partial charge < -0.3 is 9.88 Å². The monoisotopic (exact) mass is 377 g/mol. The number of amides is 1. The smallest absolute Gasteiger partial charge is 0.253 e. The van der Waals surface area contributed by atoms with E-state index in [2.05, 4.69) is 37.1 Å². The van der Waals surface area contributed by atoms with E-state index >= 15 is 0 Å². The molecule has 1 aromatic carbocycles. The molecule has 144 valence electrons. The summed E-state index contributed by atoms with van der Waals surface area (Å²) in [6, 6.07) is 7.54. The highest BCUT2D eigenvalue weighted by atomic mass is 16.2. The number of likely N-dealkylation sites (tertiary alicyclic amines) is 1. The van der Waals surface area contributed by atoms with Gasteiger partial charge in [0.25, 0.3) is 5.91 Å². The van der Waals surface area contributed by atoms with Crippen LogP contribution in [0.25, 0.3) is 11.4 Å². The summed E-state index contributed by atoms with van der Waals surface area (Å²) in [5.41, 5.74) is 3.99. The van der Waals surface area contributed by atoms with Crippen molar-refractivity contribution in [3.63, 3.8) is 0 Å². The highest BCUT2D eigenvalue weighted by molar-refractivity contribution is 5.94. The molecule has 3 aromatic rings. The Morgan fingerprint density at radius 3 is 2.61 bits per heavy atom. The fraction of sp³-hybridized carbons (Fsp3) is 0.400. The molecule has 8 heteroatoms. The summed E-state index contributed by atoms with van der Waals surface area (Å²) in [7, 11) is 2.18. The minimum atomic E-state index is -0.0551. The molecule has 2 aliphatic heterocycles. The number of carbonyl (C=O) groups is 1. The maximum Gasteiger partial charge on any atom is 0.253 e. The van der Waals surface area contributed by atoms with Crippen LogP contribution in [0.4, 0.5) is 0 Å². The first-order chi connectivity index (χ1) is 13.7. The van der Waals surface area contributed by atoms with Gasteiger partial charge in [0.2, 0.25) is 0 Å². The van der Waals surface area contributed by atoms with E-state index in [-0.39, 0.29) is 11.4 Å². The molecule has 0 aliphatic carbocycles. The van der Waals surface area contributed by atoms with Gasteiger partial charge in [0.1, 0.15) is 6.33 Å². The van der Waals surface area contributed by atoms with Crippen LogP contribution >= 0.6 is 0 Å². The summed E-state index contributed by atoms with van der Waals surface area (Å²) in [6.45, 7) is 2.49. The van der Waals surface area contributed by atoms with Crippen molar-refractivity contribution in [3.05, 3.63) is 53.9 Å². The van der Waals surface area contributed by atoms with E-state index in [9.17, 15) is 4.79 Å². The highest BCUT2D eigenvalue weighted by Crippen LogP contribution is 2.41. The summed E-state index contributed by atoms with van der Waals surface area (Å²) in [4.78, 5) is 29.5. The summed E-state index contributed by atoms with van der Waals surface area (Å²) >= 11 is 0. The Morgan fingerprint density at radius 2 is 1.89 bits per heavy atom. The number of piperidine rings is 1. The molecule has 0 radical (unpaired) electrons. The van der Waals surface area contributed by atoms with Gasteiger partial charge in [-0.3, -0.25) is 14.8 Å².